The Morgan fingerprint density at radius 1 is 1.14 bits per heavy atom. The van der Waals surface area contributed by atoms with Gasteiger partial charge >= 0.3 is 0 Å². The zero-order chi connectivity index (χ0) is 20.1. The minimum Gasteiger partial charge on any atom is -0.493 e. The molecule has 3 aromatic rings. The maximum atomic E-state index is 12.4. The molecule has 148 valence electrons. The monoisotopic (exact) mass is 384 g/mol. The van der Waals surface area contributed by atoms with E-state index in [1.807, 2.05) is 42.8 Å². The quantitative estimate of drug-likeness (QED) is 0.594. The van der Waals surface area contributed by atoms with Gasteiger partial charge in [0.2, 0.25) is 11.7 Å². The summed E-state index contributed by atoms with van der Waals surface area (Å²) in [7, 11) is 3.15. The molecule has 8 heteroatoms. The standard InChI is InChI=1S/C20H24N4O4/c1-5-23(6-2)18(25)13-24-11-7-8-15(24)20-21-19(22-28-20)14-9-10-16(26-3)17(12-14)27-4/h7-12H,5-6,13H2,1-4H3. The molecule has 0 spiro atoms. The number of aromatic nitrogens is 3. The molecule has 1 amide bonds. The fraction of sp³-hybridized carbons (Fsp3) is 0.350. The van der Waals surface area contributed by atoms with Gasteiger partial charge in [0.1, 0.15) is 12.2 Å². The summed E-state index contributed by atoms with van der Waals surface area (Å²) in [6.07, 6.45) is 1.83. The van der Waals surface area contributed by atoms with Crippen LogP contribution < -0.4 is 9.47 Å². The molecule has 1 aromatic carbocycles. The molecular weight excluding hydrogens is 360 g/mol. The maximum absolute atomic E-state index is 12.4. The number of methoxy groups -OCH3 is 2. The van der Waals surface area contributed by atoms with Gasteiger partial charge in [-0.15, -0.1) is 0 Å². The van der Waals surface area contributed by atoms with Crippen molar-refractivity contribution in [1.29, 1.82) is 0 Å². The van der Waals surface area contributed by atoms with Crippen molar-refractivity contribution < 1.29 is 18.8 Å². The molecule has 0 unspecified atom stereocenters. The van der Waals surface area contributed by atoms with E-state index in [0.717, 1.165) is 5.56 Å². The van der Waals surface area contributed by atoms with Crippen LogP contribution in [0, 0.1) is 0 Å². The fourth-order valence-corrected chi connectivity index (χ4v) is 2.99. The highest BCUT2D eigenvalue weighted by Gasteiger charge is 2.18. The number of hydrogen-bond acceptors (Lipinski definition) is 6. The SMILES string of the molecule is CCN(CC)C(=O)Cn1cccc1-c1nc(-c2ccc(OC)c(OC)c2)no1. The van der Waals surface area contributed by atoms with E-state index < -0.39 is 0 Å². The summed E-state index contributed by atoms with van der Waals surface area (Å²) in [5.41, 5.74) is 1.43. The Labute approximate surface area is 163 Å². The van der Waals surface area contributed by atoms with Gasteiger partial charge < -0.3 is 23.5 Å². The Bertz CT molecular complexity index is 943. The fourth-order valence-electron chi connectivity index (χ4n) is 2.99. The van der Waals surface area contributed by atoms with Crippen molar-refractivity contribution in [2.24, 2.45) is 0 Å². The van der Waals surface area contributed by atoms with Gasteiger partial charge in [-0.1, -0.05) is 5.16 Å². The number of rotatable bonds is 8. The van der Waals surface area contributed by atoms with E-state index in [0.29, 0.717) is 42.0 Å². The maximum Gasteiger partial charge on any atom is 0.274 e. The van der Waals surface area contributed by atoms with Crippen LogP contribution in [0.1, 0.15) is 13.8 Å². The number of nitrogens with zero attached hydrogens (tertiary/aromatic N) is 4. The molecule has 2 aromatic heterocycles. The first-order valence-corrected chi connectivity index (χ1v) is 9.10. The second-order valence-corrected chi connectivity index (χ2v) is 6.08. The van der Waals surface area contributed by atoms with Crippen LogP contribution in [-0.4, -0.2) is 52.8 Å². The second-order valence-electron chi connectivity index (χ2n) is 6.08. The van der Waals surface area contributed by atoms with Crippen molar-refractivity contribution in [1.82, 2.24) is 19.6 Å². The molecule has 0 atom stereocenters. The van der Waals surface area contributed by atoms with E-state index in [1.54, 1.807) is 31.3 Å². The highest BCUT2D eigenvalue weighted by Crippen LogP contribution is 2.32. The zero-order valence-corrected chi connectivity index (χ0v) is 16.5. The van der Waals surface area contributed by atoms with E-state index in [4.69, 9.17) is 14.0 Å². The van der Waals surface area contributed by atoms with Crippen LogP contribution >= 0.6 is 0 Å². The van der Waals surface area contributed by atoms with Crippen LogP contribution in [0.2, 0.25) is 0 Å². The van der Waals surface area contributed by atoms with Crippen LogP contribution in [-0.2, 0) is 11.3 Å². The lowest BCUT2D eigenvalue weighted by Gasteiger charge is -2.19. The summed E-state index contributed by atoms with van der Waals surface area (Å²) < 4.78 is 17.8. The van der Waals surface area contributed by atoms with E-state index in [-0.39, 0.29) is 12.5 Å². The average molecular weight is 384 g/mol. The predicted octanol–water partition coefficient (Wildman–Crippen LogP) is 3.09. The third kappa shape index (κ3) is 3.85. The minimum atomic E-state index is 0.0436. The van der Waals surface area contributed by atoms with Crippen LogP contribution in [0.15, 0.2) is 41.1 Å². The van der Waals surface area contributed by atoms with E-state index >= 15 is 0 Å². The van der Waals surface area contributed by atoms with Crippen molar-refractivity contribution >= 4 is 5.91 Å². The van der Waals surface area contributed by atoms with Gasteiger partial charge in [0, 0.05) is 24.8 Å². The molecule has 0 radical (unpaired) electrons. The summed E-state index contributed by atoms with van der Waals surface area (Å²) in [6.45, 7) is 5.50. The molecule has 0 aliphatic heterocycles. The minimum absolute atomic E-state index is 0.0436. The van der Waals surface area contributed by atoms with Crippen molar-refractivity contribution in [2.75, 3.05) is 27.3 Å². The van der Waals surface area contributed by atoms with Crippen molar-refractivity contribution in [3.8, 4) is 34.5 Å². The van der Waals surface area contributed by atoms with E-state index in [1.165, 1.54) is 0 Å². The molecule has 0 saturated carbocycles. The Balaban J connectivity index is 1.86. The van der Waals surface area contributed by atoms with Gasteiger partial charge in [0.25, 0.3) is 5.89 Å². The molecule has 2 heterocycles. The van der Waals surface area contributed by atoms with Crippen LogP contribution in [0.4, 0.5) is 0 Å². The third-order valence-electron chi connectivity index (χ3n) is 4.54. The molecule has 0 aliphatic rings. The molecule has 0 fully saturated rings. The van der Waals surface area contributed by atoms with Gasteiger partial charge in [0.05, 0.1) is 14.2 Å². The second kappa shape index (κ2) is 8.60. The third-order valence-corrected chi connectivity index (χ3v) is 4.54. The Morgan fingerprint density at radius 2 is 1.89 bits per heavy atom. The first kappa shape index (κ1) is 19.5. The van der Waals surface area contributed by atoms with Crippen molar-refractivity contribution in [3.05, 3.63) is 36.5 Å². The van der Waals surface area contributed by atoms with Crippen LogP contribution in [0.5, 0.6) is 11.5 Å². The molecular formula is C20H24N4O4. The lowest BCUT2D eigenvalue weighted by Crippen LogP contribution is -2.33. The predicted molar refractivity (Wildman–Crippen MR) is 104 cm³/mol. The smallest absolute Gasteiger partial charge is 0.274 e. The van der Waals surface area contributed by atoms with Gasteiger partial charge in [-0.05, 0) is 44.2 Å². The number of amides is 1. The topological polar surface area (TPSA) is 82.6 Å². The summed E-state index contributed by atoms with van der Waals surface area (Å²) in [5, 5.41) is 4.07. The van der Waals surface area contributed by atoms with Crippen LogP contribution in [0.3, 0.4) is 0 Å². The Morgan fingerprint density at radius 3 is 2.57 bits per heavy atom. The number of carbonyl (C=O) groups excluding carboxylic acids is 1. The lowest BCUT2D eigenvalue weighted by molar-refractivity contribution is -0.131. The van der Waals surface area contributed by atoms with Gasteiger partial charge in [0.15, 0.2) is 11.5 Å². The summed E-state index contributed by atoms with van der Waals surface area (Å²) >= 11 is 0. The molecule has 0 N–H and O–H groups in total. The Kier molecular flexibility index (Phi) is 5.98. The molecule has 3 rings (SSSR count). The van der Waals surface area contributed by atoms with Gasteiger partial charge in [-0.2, -0.15) is 4.98 Å². The molecule has 0 saturated heterocycles. The normalized spacial score (nSPS) is 10.7. The summed E-state index contributed by atoms with van der Waals surface area (Å²) in [4.78, 5) is 18.7. The molecule has 28 heavy (non-hydrogen) atoms. The number of likely N-dealkylation sites (N-methyl/N-ethyl adjacent to an activating group) is 1. The molecule has 8 nitrogen and oxygen atoms in total. The number of benzene rings is 1. The highest BCUT2D eigenvalue weighted by atomic mass is 16.5. The summed E-state index contributed by atoms with van der Waals surface area (Å²) in [5.74, 6) is 2.03. The summed E-state index contributed by atoms with van der Waals surface area (Å²) in [6, 6.07) is 9.11. The highest BCUT2D eigenvalue weighted by molar-refractivity contribution is 5.76. The number of ether oxygens (including phenoxy) is 2. The van der Waals surface area contributed by atoms with E-state index in [2.05, 4.69) is 10.1 Å². The van der Waals surface area contributed by atoms with E-state index in [9.17, 15) is 4.79 Å². The number of hydrogen-bond donors (Lipinski definition) is 0. The number of carbonyl (C=O) groups is 1. The lowest BCUT2D eigenvalue weighted by atomic mass is 10.2. The average Bonchev–Trinajstić information content (AvgIpc) is 3.37. The first-order valence-electron chi connectivity index (χ1n) is 9.10. The molecule has 0 bridgehead atoms. The van der Waals surface area contributed by atoms with Gasteiger partial charge in [-0.25, -0.2) is 0 Å². The first-order chi connectivity index (χ1) is 13.6. The van der Waals surface area contributed by atoms with Crippen LogP contribution in [0.25, 0.3) is 23.0 Å². The Hall–Kier alpha value is -3.29. The zero-order valence-electron chi connectivity index (χ0n) is 16.5. The molecule has 0 aliphatic carbocycles. The van der Waals surface area contributed by atoms with Crippen molar-refractivity contribution in [2.45, 2.75) is 20.4 Å². The van der Waals surface area contributed by atoms with Crippen molar-refractivity contribution in [3.63, 3.8) is 0 Å². The van der Waals surface area contributed by atoms with Gasteiger partial charge in [-0.3, -0.25) is 4.79 Å². The largest absolute Gasteiger partial charge is 0.493 e.